The van der Waals surface area contributed by atoms with Gasteiger partial charge in [0, 0.05) is 21.8 Å². The molecule has 2 aromatic heterocycles. The van der Waals surface area contributed by atoms with Crippen molar-refractivity contribution in [1.29, 1.82) is 5.26 Å². The van der Waals surface area contributed by atoms with Crippen LogP contribution in [0.3, 0.4) is 0 Å². The number of benzene rings is 1. The number of alkyl halides is 3. The van der Waals surface area contributed by atoms with Crippen molar-refractivity contribution < 1.29 is 18.0 Å². The maximum absolute atomic E-state index is 13.9. The first-order valence-corrected chi connectivity index (χ1v) is 12.4. The van der Waals surface area contributed by atoms with Gasteiger partial charge in [-0.05, 0) is 48.9 Å². The first-order chi connectivity index (χ1) is 16.2. The SMILES string of the molecule is N#Cc1c(NC(=O)c2cc3n(n2)C(C(F)(F)F)CC(c2ccc(Br)cc2)N3)sc2c1CCCC2. The third-order valence-corrected chi connectivity index (χ3v) is 7.94. The number of carbonyl (C=O) groups excluding carboxylic acids is 1. The van der Waals surface area contributed by atoms with Gasteiger partial charge in [0.15, 0.2) is 11.7 Å². The average Bonchev–Trinajstić information content (AvgIpc) is 3.39. The molecule has 5 rings (SSSR count). The molecule has 11 heteroatoms. The maximum atomic E-state index is 13.9. The lowest BCUT2D eigenvalue weighted by Crippen LogP contribution is -2.35. The van der Waals surface area contributed by atoms with Crippen LogP contribution in [0.5, 0.6) is 0 Å². The number of anilines is 2. The van der Waals surface area contributed by atoms with Crippen LogP contribution in [0.15, 0.2) is 34.8 Å². The Labute approximate surface area is 205 Å². The summed E-state index contributed by atoms with van der Waals surface area (Å²) in [5, 5.41) is 19.9. The Morgan fingerprint density at radius 2 is 2.00 bits per heavy atom. The van der Waals surface area contributed by atoms with E-state index < -0.39 is 24.2 Å². The van der Waals surface area contributed by atoms with Crippen molar-refractivity contribution in [2.24, 2.45) is 0 Å². The van der Waals surface area contributed by atoms with Gasteiger partial charge < -0.3 is 10.6 Å². The molecule has 176 valence electrons. The van der Waals surface area contributed by atoms with E-state index in [0.717, 1.165) is 45.3 Å². The number of amides is 1. The third-order valence-electron chi connectivity index (χ3n) is 6.21. The monoisotopic (exact) mass is 549 g/mol. The first kappa shape index (κ1) is 22.9. The predicted octanol–water partition coefficient (Wildman–Crippen LogP) is 6.37. The summed E-state index contributed by atoms with van der Waals surface area (Å²) >= 11 is 4.70. The fraction of sp³-hybridized carbons (Fsp3) is 0.348. The second kappa shape index (κ2) is 8.74. The van der Waals surface area contributed by atoms with E-state index in [4.69, 9.17) is 0 Å². The number of aromatic nitrogens is 2. The third kappa shape index (κ3) is 4.20. The van der Waals surface area contributed by atoms with Gasteiger partial charge in [0.1, 0.15) is 16.9 Å². The summed E-state index contributed by atoms with van der Waals surface area (Å²) in [4.78, 5) is 14.0. The summed E-state index contributed by atoms with van der Waals surface area (Å²) in [6.07, 6.45) is -1.12. The number of thiophene rings is 1. The van der Waals surface area contributed by atoms with Crippen LogP contribution in [-0.2, 0) is 12.8 Å². The summed E-state index contributed by atoms with van der Waals surface area (Å²) in [6.45, 7) is 0. The van der Waals surface area contributed by atoms with Gasteiger partial charge in [0.05, 0.1) is 11.6 Å². The molecule has 1 amide bonds. The molecule has 0 saturated heterocycles. The normalized spacial score (nSPS) is 19.5. The lowest BCUT2D eigenvalue weighted by atomic mass is 9.96. The number of hydrogen-bond donors (Lipinski definition) is 2. The van der Waals surface area contributed by atoms with E-state index in [2.05, 4.69) is 37.7 Å². The standard InChI is InChI=1S/C23H19BrF3N5OS/c24-13-7-5-12(6-8-13)16-9-19(23(25,26)27)32-20(29-16)10-17(31-32)21(33)30-22-15(11-28)14-3-1-2-4-18(14)34-22/h5-8,10,16,19,29H,1-4,9H2,(H,30,33). The molecule has 6 nitrogen and oxygen atoms in total. The number of nitriles is 1. The van der Waals surface area contributed by atoms with Crippen molar-refractivity contribution in [2.45, 2.75) is 50.4 Å². The number of rotatable bonds is 3. The molecular formula is C23H19BrF3N5OS. The number of nitrogens with one attached hydrogen (secondary N) is 2. The molecule has 34 heavy (non-hydrogen) atoms. The van der Waals surface area contributed by atoms with Gasteiger partial charge in [-0.3, -0.25) is 4.79 Å². The van der Waals surface area contributed by atoms with Crippen LogP contribution >= 0.6 is 27.3 Å². The van der Waals surface area contributed by atoms with Crippen molar-refractivity contribution in [2.75, 3.05) is 10.6 Å². The van der Waals surface area contributed by atoms with E-state index in [1.807, 2.05) is 0 Å². The highest BCUT2D eigenvalue weighted by atomic mass is 79.9. The molecule has 2 aliphatic rings. The van der Waals surface area contributed by atoms with Crippen LogP contribution in [0, 0.1) is 11.3 Å². The molecule has 0 radical (unpaired) electrons. The van der Waals surface area contributed by atoms with E-state index in [-0.39, 0.29) is 17.9 Å². The van der Waals surface area contributed by atoms with Crippen LogP contribution in [0.2, 0.25) is 0 Å². The molecule has 2 atom stereocenters. The molecule has 0 bridgehead atoms. The second-order valence-electron chi connectivity index (χ2n) is 8.38. The molecule has 0 saturated carbocycles. The minimum absolute atomic E-state index is 0.123. The number of carbonyl (C=O) groups is 1. The fourth-order valence-corrected chi connectivity index (χ4v) is 6.04. The highest BCUT2D eigenvalue weighted by molar-refractivity contribution is 9.10. The smallest absolute Gasteiger partial charge is 0.363 e. The lowest BCUT2D eigenvalue weighted by Gasteiger charge is -2.33. The molecule has 1 aliphatic heterocycles. The van der Waals surface area contributed by atoms with Gasteiger partial charge in [-0.1, -0.05) is 28.1 Å². The highest BCUT2D eigenvalue weighted by Gasteiger charge is 2.46. The molecule has 1 aromatic carbocycles. The second-order valence-corrected chi connectivity index (χ2v) is 10.4. The predicted molar refractivity (Wildman–Crippen MR) is 126 cm³/mol. The van der Waals surface area contributed by atoms with Crippen molar-refractivity contribution in [3.63, 3.8) is 0 Å². The Kier molecular flexibility index (Phi) is 5.90. The Morgan fingerprint density at radius 3 is 2.71 bits per heavy atom. The first-order valence-electron chi connectivity index (χ1n) is 10.8. The summed E-state index contributed by atoms with van der Waals surface area (Å²) < 4.78 is 43.5. The topological polar surface area (TPSA) is 82.7 Å². The van der Waals surface area contributed by atoms with Crippen LogP contribution in [0.4, 0.5) is 24.0 Å². The van der Waals surface area contributed by atoms with E-state index in [0.29, 0.717) is 16.1 Å². The molecule has 3 aromatic rings. The van der Waals surface area contributed by atoms with Crippen LogP contribution in [0.25, 0.3) is 0 Å². The highest BCUT2D eigenvalue weighted by Crippen LogP contribution is 2.44. The fourth-order valence-electron chi connectivity index (χ4n) is 4.54. The Hall–Kier alpha value is -2.84. The zero-order valence-corrected chi connectivity index (χ0v) is 20.1. The van der Waals surface area contributed by atoms with Crippen LogP contribution in [-0.4, -0.2) is 21.9 Å². The van der Waals surface area contributed by atoms with Crippen molar-refractivity contribution in [3.8, 4) is 6.07 Å². The summed E-state index contributed by atoms with van der Waals surface area (Å²) in [5.41, 5.74) is 1.98. The molecule has 3 heterocycles. The molecule has 0 fully saturated rings. The Balaban J connectivity index is 1.45. The van der Waals surface area contributed by atoms with Gasteiger partial charge in [-0.25, -0.2) is 4.68 Å². The number of fused-ring (bicyclic) bond motifs is 2. The van der Waals surface area contributed by atoms with E-state index in [1.165, 1.54) is 17.4 Å². The maximum Gasteiger partial charge on any atom is 0.410 e. The van der Waals surface area contributed by atoms with Gasteiger partial charge in [0.2, 0.25) is 0 Å². The van der Waals surface area contributed by atoms with Crippen molar-refractivity contribution in [1.82, 2.24) is 9.78 Å². The zero-order valence-electron chi connectivity index (χ0n) is 17.7. The van der Waals surface area contributed by atoms with E-state index >= 15 is 0 Å². The number of nitrogens with zero attached hydrogens (tertiary/aromatic N) is 3. The lowest BCUT2D eigenvalue weighted by molar-refractivity contribution is -0.173. The minimum Gasteiger partial charge on any atom is -0.363 e. The molecular weight excluding hydrogens is 531 g/mol. The minimum atomic E-state index is -4.54. The van der Waals surface area contributed by atoms with Gasteiger partial charge in [0.25, 0.3) is 5.91 Å². The van der Waals surface area contributed by atoms with Crippen molar-refractivity contribution in [3.05, 3.63) is 62.1 Å². The van der Waals surface area contributed by atoms with Crippen LogP contribution < -0.4 is 10.6 Å². The van der Waals surface area contributed by atoms with E-state index in [1.54, 1.807) is 24.3 Å². The summed E-state index contributed by atoms with van der Waals surface area (Å²) in [7, 11) is 0. The molecule has 0 spiro atoms. The molecule has 2 unspecified atom stereocenters. The Morgan fingerprint density at radius 1 is 1.26 bits per heavy atom. The summed E-state index contributed by atoms with van der Waals surface area (Å²) in [5.74, 6) is -0.516. The van der Waals surface area contributed by atoms with Crippen LogP contribution in [0.1, 0.15) is 63.4 Å². The van der Waals surface area contributed by atoms with E-state index in [9.17, 15) is 23.2 Å². The largest absolute Gasteiger partial charge is 0.410 e. The quantitative estimate of drug-likeness (QED) is 0.397. The van der Waals surface area contributed by atoms with Gasteiger partial charge in [-0.15, -0.1) is 11.3 Å². The Bertz CT molecular complexity index is 1290. The average molecular weight is 550 g/mol. The number of hydrogen-bond acceptors (Lipinski definition) is 5. The zero-order chi connectivity index (χ0) is 24.0. The van der Waals surface area contributed by atoms with Crippen molar-refractivity contribution >= 4 is 44.0 Å². The number of halogens is 4. The van der Waals surface area contributed by atoms with Gasteiger partial charge in [-0.2, -0.15) is 23.5 Å². The van der Waals surface area contributed by atoms with Gasteiger partial charge >= 0.3 is 6.18 Å². The number of aryl methyl sites for hydroxylation is 1. The molecule has 1 aliphatic carbocycles. The summed E-state index contributed by atoms with van der Waals surface area (Å²) in [6, 6.07) is 8.11. The molecule has 2 N–H and O–H groups in total.